The average molecular weight is 261 g/mol. The van der Waals surface area contributed by atoms with Crippen LogP contribution in [-0.4, -0.2) is 10.4 Å². The predicted octanol–water partition coefficient (Wildman–Crippen LogP) is 3.30. The Morgan fingerprint density at radius 3 is 2.50 bits per heavy atom. The van der Waals surface area contributed by atoms with Gasteiger partial charge in [-0.1, -0.05) is 30.3 Å². The number of nitrogens with zero attached hydrogens (tertiary/aromatic N) is 1. The fourth-order valence-corrected chi connectivity index (χ4v) is 2.34. The Labute approximate surface area is 109 Å². The summed E-state index contributed by atoms with van der Waals surface area (Å²) < 4.78 is 20.9. The Morgan fingerprint density at radius 1 is 1.17 bits per heavy atom. The van der Waals surface area contributed by atoms with Gasteiger partial charge in [0.05, 0.1) is 17.2 Å². The van der Waals surface area contributed by atoms with Crippen molar-refractivity contribution in [3.8, 4) is 0 Å². The smallest absolute Gasteiger partial charge is 0.149 e. The first-order valence-corrected chi connectivity index (χ1v) is 6.76. The van der Waals surface area contributed by atoms with Gasteiger partial charge >= 0.3 is 0 Å². The molecule has 0 radical (unpaired) electrons. The van der Waals surface area contributed by atoms with Crippen molar-refractivity contribution >= 4 is 17.2 Å². The highest BCUT2D eigenvalue weighted by Crippen LogP contribution is 2.27. The first-order valence-electron chi connectivity index (χ1n) is 5.66. The van der Waals surface area contributed by atoms with Crippen LogP contribution in [0.15, 0.2) is 57.5 Å². The second-order valence-corrected chi connectivity index (χ2v) is 6.11. The van der Waals surface area contributed by atoms with Gasteiger partial charge < -0.3 is 4.42 Å². The third-order valence-corrected chi connectivity index (χ3v) is 4.13. The maximum absolute atomic E-state index is 12.2. The van der Waals surface area contributed by atoms with Crippen molar-refractivity contribution in [1.29, 1.82) is 0 Å². The fourth-order valence-electron chi connectivity index (χ4n) is 1.54. The van der Waals surface area contributed by atoms with E-state index in [4.69, 9.17) is 4.42 Å². The first kappa shape index (κ1) is 12.8. The van der Waals surface area contributed by atoms with Crippen LogP contribution in [0.2, 0.25) is 0 Å². The standard InChI is InChI=1S/C14H15NO2S/c1-14(2,12-7-4-3-5-8-12)18(16)15-11-13-9-6-10-17-13/h3-11H,1-2H3/b15-11+. The van der Waals surface area contributed by atoms with Crippen LogP contribution in [0.1, 0.15) is 25.2 Å². The topological polar surface area (TPSA) is 42.6 Å². The average Bonchev–Trinajstić information content (AvgIpc) is 2.90. The number of rotatable bonds is 4. The molecule has 0 aliphatic heterocycles. The molecule has 1 aromatic carbocycles. The van der Waals surface area contributed by atoms with E-state index >= 15 is 0 Å². The van der Waals surface area contributed by atoms with Gasteiger partial charge in [-0.05, 0) is 31.5 Å². The lowest BCUT2D eigenvalue weighted by atomic mass is 10.0. The molecule has 0 spiro atoms. The molecule has 2 aromatic rings. The van der Waals surface area contributed by atoms with Gasteiger partial charge in [-0.3, -0.25) is 0 Å². The Hall–Kier alpha value is -1.68. The van der Waals surface area contributed by atoms with E-state index in [0.29, 0.717) is 5.76 Å². The molecule has 4 heteroatoms. The molecule has 0 aliphatic rings. The third-order valence-electron chi connectivity index (χ3n) is 2.72. The summed E-state index contributed by atoms with van der Waals surface area (Å²) in [4.78, 5) is 0. The summed E-state index contributed by atoms with van der Waals surface area (Å²) in [6.07, 6.45) is 3.06. The zero-order valence-corrected chi connectivity index (χ0v) is 11.2. The molecule has 0 amide bonds. The summed E-state index contributed by atoms with van der Waals surface area (Å²) in [6, 6.07) is 13.3. The van der Waals surface area contributed by atoms with Crippen LogP contribution >= 0.6 is 0 Å². The Bertz CT molecular complexity index is 544. The molecule has 0 bridgehead atoms. The van der Waals surface area contributed by atoms with Crippen molar-refractivity contribution in [2.75, 3.05) is 0 Å². The van der Waals surface area contributed by atoms with E-state index in [-0.39, 0.29) is 0 Å². The van der Waals surface area contributed by atoms with Crippen LogP contribution in [0, 0.1) is 0 Å². The van der Waals surface area contributed by atoms with Gasteiger partial charge in [-0.2, -0.15) is 4.40 Å². The van der Waals surface area contributed by atoms with Crippen molar-refractivity contribution in [3.63, 3.8) is 0 Å². The maximum Gasteiger partial charge on any atom is 0.149 e. The Kier molecular flexibility index (Phi) is 3.77. The molecule has 1 heterocycles. The minimum Gasteiger partial charge on any atom is -0.463 e. The lowest BCUT2D eigenvalue weighted by Crippen LogP contribution is -2.22. The lowest BCUT2D eigenvalue weighted by Gasteiger charge is -2.21. The van der Waals surface area contributed by atoms with Crippen molar-refractivity contribution in [2.24, 2.45) is 4.40 Å². The van der Waals surface area contributed by atoms with Crippen molar-refractivity contribution in [3.05, 3.63) is 60.1 Å². The molecule has 1 aromatic heterocycles. The minimum absolute atomic E-state index is 0.523. The zero-order valence-electron chi connectivity index (χ0n) is 10.4. The largest absolute Gasteiger partial charge is 0.463 e. The summed E-state index contributed by atoms with van der Waals surface area (Å²) in [5, 5.41) is 0. The number of hydrogen-bond acceptors (Lipinski definition) is 2. The van der Waals surface area contributed by atoms with Gasteiger partial charge in [0.15, 0.2) is 0 Å². The van der Waals surface area contributed by atoms with Crippen LogP contribution in [0.4, 0.5) is 0 Å². The normalized spacial score (nSPS) is 13.9. The van der Waals surface area contributed by atoms with E-state index in [0.717, 1.165) is 5.56 Å². The highest BCUT2D eigenvalue weighted by atomic mass is 32.2. The van der Waals surface area contributed by atoms with Crippen LogP contribution in [0.5, 0.6) is 0 Å². The van der Waals surface area contributed by atoms with E-state index < -0.39 is 15.7 Å². The van der Waals surface area contributed by atoms with Crippen LogP contribution < -0.4 is 0 Å². The molecule has 18 heavy (non-hydrogen) atoms. The molecule has 0 aliphatic carbocycles. The molecule has 2 rings (SSSR count). The quantitative estimate of drug-likeness (QED) is 0.792. The second kappa shape index (κ2) is 5.31. The van der Waals surface area contributed by atoms with Gasteiger partial charge in [0.2, 0.25) is 0 Å². The van der Waals surface area contributed by atoms with Gasteiger partial charge in [0, 0.05) is 0 Å². The van der Waals surface area contributed by atoms with E-state index in [9.17, 15) is 4.21 Å². The lowest BCUT2D eigenvalue weighted by molar-refractivity contribution is 0.560. The zero-order chi connectivity index (χ0) is 13.0. The SMILES string of the molecule is CC(C)(c1ccccc1)S(=O)/N=C/c1ccco1. The van der Waals surface area contributed by atoms with Crippen LogP contribution in [0.25, 0.3) is 0 Å². The monoisotopic (exact) mass is 261 g/mol. The summed E-state index contributed by atoms with van der Waals surface area (Å²) >= 11 is 0. The third kappa shape index (κ3) is 2.76. The van der Waals surface area contributed by atoms with E-state index in [1.807, 2.05) is 44.2 Å². The number of furan rings is 1. The van der Waals surface area contributed by atoms with E-state index in [2.05, 4.69) is 4.40 Å². The Morgan fingerprint density at radius 2 is 1.89 bits per heavy atom. The van der Waals surface area contributed by atoms with E-state index in [1.165, 1.54) is 6.21 Å². The molecule has 0 saturated carbocycles. The summed E-state index contributed by atoms with van der Waals surface area (Å²) in [5.74, 6) is 0.604. The molecule has 94 valence electrons. The predicted molar refractivity (Wildman–Crippen MR) is 73.9 cm³/mol. The molecule has 1 atom stereocenters. The first-order chi connectivity index (χ1) is 8.60. The summed E-state index contributed by atoms with van der Waals surface area (Å²) in [6.45, 7) is 3.83. The Balaban J connectivity index is 2.18. The van der Waals surface area contributed by atoms with Crippen LogP contribution in [-0.2, 0) is 15.7 Å². The van der Waals surface area contributed by atoms with Crippen molar-refractivity contribution in [1.82, 2.24) is 0 Å². The second-order valence-electron chi connectivity index (χ2n) is 4.38. The number of benzene rings is 1. The maximum atomic E-state index is 12.2. The summed E-state index contributed by atoms with van der Waals surface area (Å²) in [5.41, 5.74) is 1.000. The molecular weight excluding hydrogens is 246 g/mol. The molecule has 3 nitrogen and oxygen atoms in total. The highest BCUT2D eigenvalue weighted by Gasteiger charge is 2.27. The molecule has 0 N–H and O–H groups in total. The molecule has 0 saturated heterocycles. The fraction of sp³-hybridized carbons (Fsp3) is 0.214. The van der Waals surface area contributed by atoms with Crippen LogP contribution in [0.3, 0.4) is 0 Å². The van der Waals surface area contributed by atoms with Crippen molar-refractivity contribution < 1.29 is 8.63 Å². The highest BCUT2D eigenvalue weighted by molar-refractivity contribution is 7.84. The van der Waals surface area contributed by atoms with Gasteiger partial charge in [-0.15, -0.1) is 0 Å². The van der Waals surface area contributed by atoms with Gasteiger partial charge in [-0.25, -0.2) is 4.21 Å². The van der Waals surface area contributed by atoms with E-state index in [1.54, 1.807) is 18.4 Å². The summed E-state index contributed by atoms with van der Waals surface area (Å²) in [7, 11) is -1.36. The molecule has 1 unspecified atom stereocenters. The molecule has 0 fully saturated rings. The minimum atomic E-state index is -1.36. The van der Waals surface area contributed by atoms with Gasteiger partial charge in [0.25, 0.3) is 0 Å². The van der Waals surface area contributed by atoms with Gasteiger partial charge in [0.1, 0.15) is 16.7 Å². The molecular formula is C14H15NO2S. The number of hydrogen-bond donors (Lipinski definition) is 0. The van der Waals surface area contributed by atoms with Crippen molar-refractivity contribution in [2.45, 2.75) is 18.6 Å².